The molecule has 6 rings (SSSR count). The Labute approximate surface area is 239 Å². The van der Waals surface area contributed by atoms with E-state index < -0.39 is 23.2 Å². The number of aromatic nitrogens is 4. The van der Waals surface area contributed by atoms with Gasteiger partial charge in [0.1, 0.15) is 5.82 Å². The number of hydrogen-bond acceptors (Lipinski definition) is 7. The van der Waals surface area contributed by atoms with Crippen LogP contribution in [0, 0.1) is 5.82 Å². The van der Waals surface area contributed by atoms with Gasteiger partial charge in [-0.1, -0.05) is 18.2 Å². The Kier molecular flexibility index (Phi) is 7.31. The van der Waals surface area contributed by atoms with Crippen molar-refractivity contribution in [3.05, 3.63) is 72.6 Å². The van der Waals surface area contributed by atoms with Crippen LogP contribution in [0.1, 0.15) is 42.6 Å². The Hall–Kier alpha value is -4.45. The summed E-state index contributed by atoms with van der Waals surface area (Å²) in [7, 11) is 0. The molecule has 11 nitrogen and oxygen atoms in total. The molecule has 2 aliphatic rings. The van der Waals surface area contributed by atoms with E-state index in [1.807, 2.05) is 12.1 Å². The van der Waals surface area contributed by atoms with Gasteiger partial charge in [-0.3, -0.25) is 14.7 Å². The maximum absolute atomic E-state index is 14.1. The van der Waals surface area contributed by atoms with E-state index in [4.69, 9.17) is 11.6 Å². The summed E-state index contributed by atoms with van der Waals surface area (Å²) in [5.41, 5.74) is 1.92. The first-order valence-electron chi connectivity index (χ1n) is 13.4. The summed E-state index contributed by atoms with van der Waals surface area (Å²) in [5.74, 6) is -0.713. The van der Waals surface area contributed by atoms with E-state index in [1.165, 1.54) is 27.9 Å². The van der Waals surface area contributed by atoms with Crippen molar-refractivity contribution >= 4 is 52.1 Å². The van der Waals surface area contributed by atoms with Crippen molar-refractivity contribution in [3.8, 4) is 0 Å². The standard InChI is InChI=1S/C28H28ClFN8O3/c29-19-12-17(8-9-23(19)37(28(40)41)18-4-2-1-3-5-18)34-25-13-22(33-16-6-7-16)26-32-15-24(38(26)36-25)27(39)35-21-10-11-31-14-20(21)30/h1-5,10-11,13-17,19,23,33H,6-9,12H2,(H,34,36)(H,40,41)(H,31,35,39)/t17?,19-,23-/m1/s1. The zero-order valence-corrected chi connectivity index (χ0v) is 22.6. The number of fused-ring (bicyclic) bond motifs is 1. The third-order valence-corrected chi connectivity index (χ3v) is 7.79. The van der Waals surface area contributed by atoms with E-state index >= 15 is 0 Å². The molecule has 1 unspecified atom stereocenters. The van der Waals surface area contributed by atoms with Crippen LogP contribution in [0.2, 0.25) is 0 Å². The van der Waals surface area contributed by atoms with Crippen molar-refractivity contribution in [3.63, 3.8) is 0 Å². The molecule has 0 saturated heterocycles. The van der Waals surface area contributed by atoms with Gasteiger partial charge in [-0.05, 0) is 50.3 Å². The summed E-state index contributed by atoms with van der Waals surface area (Å²) < 4.78 is 15.6. The first-order valence-corrected chi connectivity index (χ1v) is 13.8. The lowest BCUT2D eigenvalue weighted by Gasteiger charge is -2.39. The molecule has 3 aromatic heterocycles. The molecule has 13 heteroatoms. The van der Waals surface area contributed by atoms with E-state index in [2.05, 4.69) is 31.0 Å². The number of imidazole rings is 1. The molecule has 0 aliphatic heterocycles. The molecule has 2 amide bonds. The number of nitrogens with zero attached hydrogens (tertiary/aromatic N) is 5. The molecule has 0 radical (unpaired) electrons. The number of anilines is 4. The van der Waals surface area contributed by atoms with Crippen LogP contribution in [-0.4, -0.2) is 60.2 Å². The number of carbonyl (C=O) groups excluding carboxylic acids is 1. The second kappa shape index (κ2) is 11.2. The molecule has 0 spiro atoms. The summed E-state index contributed by atoms with van der Waals surface area (Å²) >= 11 is 6.79. The molecule has 2 aliphatic carbocycles. The Morgan fingerprint density at radius 3 is 2.51 bits per heavy atom. The lowest BCUT2D eigenvalue weighted by molar-refractivity contribution is 0.102. The average Bonchev–Trinajstić information content (AvgIpc) is 3.67. The van der Waals surface area contributed by atoms with Crippen molar-refractivity contribution < 1.29 is 19.1 Å². The van der Waals surface area contributed by atoms with Crippen molar-refractivity contribution in [2.75, 3.05) is 20.9 Å². The van der Waals surface area contributed by atoms with Gasteiger partial charge in [0.25, 0.3) is 5.91 Å². The molecule has 41 heavy (non-hydrogen) atoms. The number of nitrogens with one attached hydrogen (secondary N) is 3. The minimum Gasteiger partial charge on any atom is -0.465 e. The van der Waals surface area contributed by atoms with Gasteiger partial charge in [-0.2, -0.15) is 0 Å². The maximum Gasteiger partial charge on any atom is 0.412 e. The molecule has 1 aromatic carbocycles. The zero-order valence-electron chi connectivity index (χ0n) is 21.9. The topological polar surface area (TPSA) is 137 Å². The van der Waals surface area contributed by atoms with Crippen molar-refractivity contribution in [1.82, 2.24) is 19.6 Å². The van der Waals surface area contributed by atoms with Gasteiger partial charge in [-0.25, -0.2) is 18.7 Å². The molecule has 3 heterocycles. The average molecular weight is 579 g/mol. The summed E-state index contributed by atoms with van der Waals surface area (Å²) in [6, 6.07) is 12.0. The van der Waals surface area contributed by atoms with Crippen LogP contribution in [0.15, 0.2) is 61.1 Å². The Morgan fingerprint density at radius 2 is 1.80 bits per heavy atom. The molecular formula is C28H28ClFN8O3. The van der Waals surface area contributed by atoms with E-state index in [-0.39, 0.29) is 23.5 Å². The van der Waals surface area contributed by atoms with Gasteiger partial charge in [0.15, 0.2) is 17.2 Å². The first kappa shape index (κ1) is 26.8. The summed E-state index contributed by atoms with van der Waals surface area (Å²) in [6.07, 6.45) is 6.56. The van der Waals surface area contributed by atoms with E-state index in [0.717, 1.165) is 24.7 Å². The van der Waals surface area contributed by atoms with Gasteiger partial charge in [-0.15, -0.1) is 16.7 Å². The molecular weight excluding hydrogens is 551 g/mol. The Balaban J connectivity index is 1.23. The lowest BCUT2D eigenvalue weighted by atomic mass is 9.89. The summed E-state index contributed by atoms with van der Waals surface area (Å²) in [5, 5.41) is 23.6. The van der Waals surface area contributed by atoms with Crippen LogP contribution >= 0.6 is 11.6 Å². The summed E-state index contributed by atoms with van der Waals surface area (Å²) in [4.78, 5) is 34.7. The predicted molar refractivity (Wildman–Crippen MR) is 153 cm³/mol. The molecule has 4 aromatic rings. The van der Waals surface area contributed by atoms with Crippen molar-refractivity contribution in [2.24, 2.45) is 0 Å². The highest BCUT2D eigenvalue weighted by Crippen LogP contribution is 2.34. The second-order valence-corrected chi connectivity index (χ2v) is 10.8. The molecule has 3 atom stereocenters. The minimum absolute atomic E-state index is 0.00128. The first-order chi connectivity index (χ1) is 19.9. The second-order valence-electron chi connectivity index (χ2n) is 10.3. The molecule has 0 bridgehead atoms. The van der Waals surface area contributed by atoms with Gasteiger partial charge >= 0.3 is 6.09 Å². The monoisotopic (exact) mass is 578 g/mol. The predicted octanol–water partition coefficient (Wildman–Crippen LogP) is 5.22. The highest BCUT2D eigenvalue weighted by atomic mass is 35.5. The minimum atomic E-state index is -1.04. The lowest BCUT2D eigenvalue weighted by Crippen LogP contribution is -2.49. The quantitative estimate of drug-likeness (QED) is 0.209. The number of alkyl halides is 1. The van der Waals surface area contributed by atoms with Crippen LogP contribution < -0.4 is 20.9 Å². The van der Waals surface area contributed by atoms with Crippen LogP contribution in [0.25, 0.3) is 5.65 Å². The molecule has 4 N–H and O–H groups in total. The number of rotatable bonds is 8. The highest BCUT2D eigenvalue weighted by molar-refractivity contribution is 6.21. The van der Waals surface area contributed by atoms with Crippen molar-refractivity contribution in [1.29, 1.82) is 0 Å². The number of para-hydroxylation sites is 1. The largest absolute Gasteiger partial charge is 0.465 e. The number of halogens is 2. The number of amides is 2. The highest BCUT2D eigenvalue weighted by Gasteiger charge is 2.36. The Morgan fingerprint density at radius 1 is 1.02 bits per heavy atom. The molecule has 2 fully saturated rings. The fraction of sp³-hybridized carbons (Fsp3) is 0.321. The number of carbonyl (C=O) groups is 2. The number of pyridine rings is 1. The van der Waals surface area contributed by atoms with Crippen molar-refractivity contribution in [2.45, 2.75) is 55.6 Å². The SMILES string of the molecule is O=C(Nc1ccncc1F)c1cnc2c(NC3CC3)cc(NC3CC[C@@H](N(C(=O)O)c4ccccc4)[C@H](Cl)C3)nn12. The number of carboxylic acid groups (broad SMARTS) is 1. The van der Waals surface area contributed by atoms with Gasteiger partial charge in [0.2, 0.25) is 0 Å². The van der Waals surface area contributed by atoms with E-state index in [0.29, 0.717) is 42.5 Å². The number of benzene rings is 1. The normalized spacial score (nSPS) is 20.4. The molecule has 2 saturated carbocycles. The van der Waals surface area contributed by atoms with Crippen LogP contribution in [0.4, 0.5) is 32.1 Å². The van der Waals surface area contributed by atoms with Gasteiger partial charge in [0.05, 0.1) is 35.2 Å². The van der Waals surface area contributed by atoms with E-state index in [1.54, 1.807) is 24.3 Å². The smallest absolute Gasteiger partial charge is 0.412 e. The Bertz CT molecular complexity index is 1580. The zero-order chi connectivity index (χ0) is 28.5. The third kappa shape index (κ3) is 5.73. The molecule has 212 valence electrons. The van der Waals surface area contributed by atoms with Gasteiger partial charge < -0.3 is 21.1 Å². The van der Waals surface area contributed by atoms with Crippen LogP contribution in [-0.2, 0) is 0 Å². The summed E-state index contributed by atoms with van der Waals surface area (Å²) in [6.45, 7) is 0. The van der Waals surface area contributed by atoms with Crippen LogP contribution in [0.5, 0.6) is 0 Å². The van der Waals surface area contributed by atoms with Crippen LogP contribution in [0.3, 0.4) is 0 Å². The third-order valence-electron chi connectivity index (χ3n) is 7.32. The van der Waals surface area contributed by atoms with E-state index in [9.17, 15) is 19.1 Å². The van der Waals surface area contributed by atoms with Gasteiger partial charge in [0, 0.05) is 30.0 Å². The number of hydrogen-bond donors (Lipinski definition) is 4. The maximum atomic E-state index is 14.1. The fourth-order valence-corrected chi connectivity index (χ4v) is 5.63. The fourth-order valence-electron chi connectivity index (χ4n) is 5.17.